The molecule has 0 spiro atoms. The smallest absolute Gasteiger partial charge is 0.380 e. The zero-order chi connectivity index (χ0) is 19.6. The Balaban J connectivity index is 1.77. The molecule has 2 aromatic rings. The number of thiazole rings is 1. The summed E-state index contributed by atoms with van der Waals surface area (Å²) in [4.78, 5) is 19.5. The van der Waals surface area contributed by atoms with Crippen molar-refractivity contribution < 1.29 is 18.0 Å². The summed E-state index contributed by atoms with van der Waals surface area (Å²) in [5.74, 6) is -0.0617. The number of anilines is 2. The van der Waals surface area contributed by atoms with E-state index in [2.05, 4.69) is 10.3 Å². The van der Waals surface area contributed by atoms with E-state index in [0.29, 0.717) is 42.9 Å². The highest BCUT2D eigenvalue weighted by Crippen LogP contribution is 2.38. The molecule has 1 aromatic carbocycles. The Morgan fingerprint density at radius 2 is 2.00 bits per heavy atom. The summed E-state index contributed by atoms with van der Waals surface area (Å²) >= 11 is 7.04. The van der Waals surface area contributed by atoms with Crippen molar-refractivity contribution in [3.8, 4) is 0 Å². The summed E-state index contributed by atoms with van der Waals surface area (Å²) in [6.07, 6.45) is -2.88. The summed E-state index contributed by atoms with van der Waals surface area (Å²) in [7, 11) is 0. The highest BCUT2D eigenvalue weighted by atomic mass is 35.5. The van der Waals surface area contributed by atoms with Gasteiger partial charge in [-0.1, -0.05) is 11.6 Å². The average Bonchev–Trinajstić information content (AvgIpc) is 3.04. The van der Waals surface area contributed by atoms with Gasteiger partial charge >= 0.3 is 6.18 Å². The minimum absolute atomic E-state index is 0.0617. The van der Waals surface area contributed by atoms with Gasteiger partial charge in [-0.3, -0.25) is 4.79 Å². The normalized spacial score (nSPS) is 15.1. The number of benzene rings is 1. The summed E-state index contributed by atoms with van der Waals surface area (Å²) in [5, 5.41) is 2.98. The molecule has 0 radical (unpaired) electrons. The highest BCUT2D eigenvalue weighted by molar-refractivity contribution is 7.15. The first-order valence-corrected chi connectivity index (χ1v) is 9.49. The van der Waals surface area contributed by atoms with Crippen LogP contribution in [-0.2, 0) is 17.5 Å². The summed E-state index contributed by atoms with van der Waals surface area (Å²) in [5.41, 5.74) is -0.179. The van der Waals surface area contributed by atoms with E-state index in [1.165, 1.54) is 24.3 Å². The van der Waals surface area contributed by atoms with Crippen LogP contribution in [0.25, 0.3) is 0 Å². The van der Waals surface area contributed by atoms with Gasteiger partial charge in [-0.2, -0.15) is 13.2 Å². The number of nitrogens with one attached hydrogen (secondary N) is 1. The number of carbonyl (C=O) groups is 1. The zero-order valence-electron chi connectivity index (χ0n) is 14.5. The molecule has 1 aliphatic rings. The van der Waals surface area contributed by atoms with Crippen molar-refractivity contribution in [2.75, 3.05) is 36.4 Å². The lowest BCUT2D eigenvalue weighted by Gasteiger charge is -2.36. The largest absolute Gasteiger partial charge is 0.418 e. The molecule has 2 heterocycles. The molecular weight excluding hydrogens is 401 g/mol. The lowest BCUT2D eigenvalue weighted by molar-refractivity contribution is -0.137. The van der Waals surface area contributed by atoms with Crippen LogP contribution in [0.3, 0.4) is 0 Å². The van der Waals surface area contributed by atoms with Crippen LogP contribution in [0.15, 0.2) is 24.4 Å². The molecule has 146 valence electrons. The van der Waals surface area contributed by atoms with Crippen molar-refractivity contribution >= 4 is 40.2 Å². The van der Waals surface area contributed by atoms with Gasteiger partial charge in [0.15, 0.2) is 4.47 Å². The monoisotopic (exact) mass is 418 g/mol. The third kappa shape index (κ3) is 4.84. The number of amides is 1. The first-order chi connectivity index (χ1) is 12.7. The van der Waals surface area contributed by atoms with Crippen molar-refractivity contribution in [3.05, 3.63) is 39.3 Å². The van der Waals surface area contributed by atoms with Gasteiger partial charge in [0, 0.05) is 55.6 Å². The van der Waals surface area contributed by atoms with Gasteiger partial charge in [0.05, 0.1) is 12.1 Å². The molecule has 27 heavy (non-hydrogen) atoms. The van der Waals surface area contributed by atoms with E-state index in [1.54, 1.807) is 22.1 Å². The number of aromatic nitrogens is 1. The van der Waals surface area contributed by atoms with Crippen LogP contribution in [0.1, 0.15) is 17.4 Å². The Morgan fingerprint density at radius 1 is 1.30 bits per heavy atom. The van der Waals surface area contributed by atoms with Crippen molar-refractivity contribution in [2.45, 2.75) is 19.6 Å². The fourth-order valence-electron chi connectivity index (χ4n) is 2.97. The number of hydrogen-bond acceptors (Lipinski definition) is 5. The minimum Gasteiger partial charge on any atom is -0.380 e. The van der Waals surface area contributed by atoms with Crippen LogP contribution in [0.5, 0.6) is 0 Å². The first kappa shape index (κ1) is 19.8. The molecule has 10 heteroatoms. The van der Waals surface area contributed by atoms with E-state index >= 15 is 0 Å². The molecule has 0 bridgehead atoms. The van der Waals surface area contributed by atoms with Gasteiger partial charge in [-0.25, -0.2) is 4.98 Å². The van der Waals surface area contributed by atoms with Crippen LogP contribution in [0.2, 0.25) is 4.47 Å². The minimum atomic E-state index is -4.47. The third-order valence-electron chi connectivity index (χ3n) is 4.36. The number of nitrogens with zero attached hydrogens (tertiary/aromatic N) is 3. The average molecular weight is 419 g/mol. The van der Waals surface area contributed by atoms with Crippen molar-refractivity contribution in [3.63, 3.8) is 0 Å². The second-order valence-corrected chi connectivity index (χ2v) is 7.85. The Morgan fingerprint density at radius 3 is 2.56 bits per heavy atom. The number of rotatable bonds is 4. The van der Waals surface area contributed by atoms with Crippen LogP contribution >= 0.6 is 22.9 Å². The topological polar surface area (TPSA) is 48.5 Å². The molecule has 3 rings (SSSR count). The predicted octanol–water partition coefficient (Wildman–Crippen LogP) is 4.10. The number of halogens is 4. The van der Waals surface area contributed by atoms with E-state index in [4.69, 9.17) is 11.6 Å². The second-order valence-electron chi connectivity index (χ2n) is 6.16. The maximum absolute atomic E-state index is 13.6. The van der Waals surface area contributed by atoms with Gasteiger partial charge in [0.2, 0.25) is 5.91 Å². The fourth-order valence-corrected chi connectivity index (χ4v) is 3.88. The van der Waals surface area contributed by atoms with E-state index in [0.717, 1.165) is 10.9 Å². The van der Waals surface area contributed by atoms with Gasteiger partial charge in [0.1, 0.15) is 0 Å². The Kier molecular flexibility index (Phi) is 5.81. The number of piperazine rings is 1. The van der Waals surface area contributed by atoms with Gasteiger partial charge in [-0.05, 0) is 18.2 Å². The Labute approximate surface area is 163 Å². The van der Waals surface area contributed by atoms with Gasteiger partial charge in [-0.15, -0.1) is 11.3 Å². The summed E-state index contributed by atoms with van der Waals surface area (Å²) in [6.45, 7) is 3.38. The molecular formula is C17H18ClF3N4OS. The van der Waals surface area contributed by atoms with Crippen molar-refractivity contribution in [1.82, 2.24) is 9.88 Å². The molecule has 1 aliphatic heterocycles. The van der Waals surface area contributed by atoms with Gasteiger partial charge < -0.3 is 15.1 Å². The maximum atomic E-state index is 13.6. The highest BCUT2D eigenvalue weighted by Gasteiger charge is 2.36. The standard InChI is InChI=1S/C17H18ClF3N4OS/c1-11(26)24-4-6-25(7-5-24)15-3-2-12(8-14(15)17(19,20)21)22-9-13-10-23-16(18)27-13/h2-3,8,10,22H,4-7,9H2,1H3. The SMILES string of the molecule is CC(=O)N1CCN(c2ccc(NCc3cnc(Cl)s3)cc2C(F)(F)F)CC1. The lowest BCUT2D eigenvalue weighted by atomic mass is 10.1. The molecule has 1 amide bonds. The molecule has 0 unspecified atom stereocenters. The van der Waals surface area contributed by atoms with Gasteiger partial charge in [0.25, 0.3) is 0 Å². The molecule has 1 saturated heterocycles. The molecule has 1 N–H and O–H groups in total. The Hall–Kier alpha value is -2.00. The number of alkyl halides is 3. The third-order valence-corrected chi connectivity index (χ3v) is 5.47. The first-order valence-electron chi connectivity index (χ1n) is 8.30. The van der Waals surface area contributed by atoms with E-state index in [-0.39, 0.29) is 11.6 Å². The van der Waals surface area contributed by atoms with Crippen molar-refractivity contribution in [1.29, 1.82) is 0 Å². The van der Waals surface area contributed by atoms with E-state index in [1.807, 2.05) is 0 Å². The lowest BCUT2D eigenvalue weighted by Crippen LogP contribution is -2.48. The fraction of sp³-hybridized carbons (Fsp3) is 0.412. The quantitative estimate of drug-likeness (QED) is 0.812. The molecule has 0 atom stereocenters. The molecule has 0 saturated carbocycles. The van der Waals surface area contributed by atoms with E-state index < -0.39 is 11.7 Å². The zero-order valence-corrected chi connectivity index (χ0v) is 16.1. The van der Waals surface area contributed by atoms with Crippen LogP contribution in [0, 0.1) is 0 Å². The number of carbonyl (C=O) groups excluding carboxylic acids is 1. The maximum Gasteiger partial charge on any atom is 0.418 e. The Bertz CT molecular complexity index is 819. The van der Waals surface area contributed by atoms with Crippen LogP contribution in [0.4, 0.5) is 24.5 Å². The molecule has 1 aromatic heterocycles. The summed E-state index contributed by atoms with van der Waals surface area (Å²) in [6, 6.07) is 4.23. The molecule has 0 aliphatic carbocycles. The van der Waals surface area contributed by atoms with Crippen LogP contribution < -0.4 is 10.2 Å². The molecule has 5 nitrogen and oxygen atoms in total. The predicted molar refractivity (Wildman–Crippen MR) is 100 cm³/mol. The second kappa shape index (κ2) is 7.93. The van der Waals surface area contributed by atoms with E-state index in [9.17, 15) is 18.0 Å². The number of hydrogen-bond donors (Lipinski definition) is 1. The van der Waals surface area contributed by atoms with Crippen LogP contribution in [-0.4, -0.2) is 42.0 Å². The van der Waals surface area contributed by atoms with Crippen molar-refractivity contribution in [2.24, 2.45) is 0 Å². The summed E-state index contributed by atoms with van der Waals surface area (Å²) < 4.78 is 41.2. The molecule has 1 fully saturated rings.